The number of halogens is 1. The third kappa shape index (κ3) is 5.57. The summed E-state index contributed by atoms with van der Waals surface area (Å²) in [6, 6.07) is 19.9. The number of ketones is 1. The summed E-state index contributed by atoms with van der Waals surface area (Å²) >= 11 is 0. The molecule has 0 saturated heterocycles. The first-order chi connectivity index (χ1) is 16.1. The Morgan fingerprint density at radius 3 is 2.26 bits per heavy atom. The molecule has 0 bridgehead atoms. The topological polar surface area (TPSA) is 76.5 Å². The van der Waals surface area contributed by atoms with Gasteiger partial charge in [-0.05, 0) is 45.4 Å². The van der Waals surface area contributed by atoms with Gasteiger partial charge >= 0.3 is 5.97 Å². The van der Waals surface area contributed by atoms with E-state index in [1.165, 1.54) is 13.0 Å². The highest BCUT2D eigenvalue weighted by Gasteiger charge is 2.23. The second-order valence-electron chi connectivity index (χ2n) is 8.66. The summed E-state index contributed by atoms with van der Waals surface area (Å²) in [5, 5.41) is 10.5. The average molecular weight is 462 g/mol. The summed E-state index contributed by atoms with van der Waals surface area (Å²) in [5.74, 6) is -0.998. The van der Waals surface area contributed by atoms with Gasteiger partial charge in [-0.25, -0.2) is 9.37 Å². The Kier molecular flexibility index (Phi) is 7.61. The predicted octanol–water partition coefficient (Wildman–Crippen LogP) is 6.82. The Morgan fingerprint density at radius 1 is 1.00 bits per heavy atom. The minimum atomic E-state index is -0.722. The van der Waals surface area contributed by atoms with Crippen molar-refractivity contribution in [2.45, 2.75) is 40.7 Å². The van der Waals surface area contributed by atoms with Crippen molar-refractivity contribution < 1.29 is 23.8 Å². The number of carbonyl (C=O) groups is 2. The standard InChI is InChI=1S/C22H16FNO2.C6H12O2/c1-14(25)19-12-20(23)17-7-3-4-8-18(17)22(19)26-13-16-11-10-15-6-2-5-9-21(15)24-16;1-4-6(2,3)5(7)8/h2-12H,13H2,1H3;4H2,1-3H3,(H,7,8). The maximum absolute atomic E-state index is 14.3. The number of nitrogens with zero attached hydrogens (tertiary/aromatic N) is 1. The number of carboxylic acids is 1. The van der Waals surface area contributed by atoms with Gasteiger partial charge in [-0.15, -0.1) is 0 Å². The van der Waals surface area contributed by atoms with Crippen molar-refractivity contribution >= 4 is 33.4 Å². The molecular formula is C28H28FNO4. The molecule has 3 aromatic carbocycles. The largest absolute Gasteiger partial charge is 0.486 e. The highest BCUT2D eigenvalue weighted by atomic mass is 19.1. The quantitative estimate of drug-likeness (QED) is 0.319. The number of aliphatic carboxylic acids is 1. The molecule has 0 unspecified atom stereocenters. The molecule has 0 aliphatic rings. The lowest BCUT2D eigenvalue weighted by Gasteiger charge is -2.14. The van der Waals surface area contributed by atoms with Crippen LogP contribution in [0.5, 0.6) is 5.75 Å². The summed E-state index contributed by atoms with van der Waals surface area (Å²) in [6.07, 6.45) is 0.683. The number of benzene rings is 3. The molecule has 34 heavy (non-hydrogen) atoms. The smallest absolute Gasteiger partial charge is 0.309 e. The molecule has 0 saturated carbocycles. The summed E-state index contributed by atoms with van der Waals surface area (Å²) < 4.78 is 20.3. The van der Waals surface area contributed by atoms with Gasteiger partial charge in [0.2, 0.25) is 0 Å². The molecule has 1 heterocycles. The van der Waals surface area contributed by atoms with Crippen molar-refractivity contribution in [2.75, 3.05) is 0 Å². The summed E-state index contributed by atoms with van der Waals surface area (Å²) in [4.78, 5) is 26.8. The van der Waals surface area contributed by atoms with Crippen LogP contribution < -0.4 is 4.74 Å². The lowest BCUT2D eigenvalue weighted by atomic mass is 9.91. The van der Waals surface area contributed by atoms with Crippen molar-refractivity contribution in [3.8, 4) is 5.75 Å². The van der Waals surface area contributed by atoms with E-state index < -0.39 is 17.2 Å². The van der Waals surface area contributed by atoms with Gasteiger partial charge in [-0.3, -0.25) is 9.59 Å². The minimum absolute atomic E-state index is 0.195. The number of pyridine rings is 1. The first-order valence-corrected chi connectivity index (χ1v) is 11.1. The van der Waals surface area contributed by atoms with Gasteiger partial charge in [-0.1, -0.05) is 55.5 Å². The number of ether oxygens (including phenoxy) is 1. The lowest BCUT2D eigenvalue weighted by Crippen LogP contribution is -2.21. The van der Waals surface area contributed by atoms with Crippen LogP contribution in [-0.4, -0.2) is 21.8 Å². The van der Waals surface area contributed by atoms with Crippen LogP contribution in [0.2, 0.25) is 0 Å². The Morgan fingerprint density at radius 2 is 1.65 bits per heavy atom. The molecule has 0 aliphatic heterocycles. The molecular weight excluding hydrogens is 433 g/mol. The van der Waals surface area contributed by atoms with Crippen molar-refractivity contribution in [2.24, 2.45) is 5.41 Å². The second kappa shape index (κ2) is 10.4. The van der Waals surface area contributed by atoms with E-state index in [-0.39, 0.29) is 18.0 Å². The number of carboxylic acid groups (broad SMARTS) is 1. The Hall–Kier alpha value is -3.80. The molecule has 0 radical (unpaired) electrons. The van der Waals surface area contributed by atoms with Gasteiger partial charge in [-0.2, -0.15) is 0 Å². The normalized spacial score (nSPS) is 11.1. The van der Waals surface area contributed by atoms with E-state index >= 15 is 0 Å². The monoisotopic (exact) mass is 461 g/mol. The molecule has 0 fully saturated rings. The van der Waals surface area contributed by atoms with Crippen molar-refractivity contribution in [3.05, 3.63) is 83.8 Å². The zero-order chi connectivity index (χ0) is 24.9. The van der Waals surface area contributed by atoms with Gasteiger partial charge in [0.1, 0.15) is 18.2 Å². The first kappa shape index (κ1) is 24.8. The highest BCUT2D eigenvalue weighted by Crippen LogP contribution is 2.33. The Labute approximate surface area is 198 Å². The molecule has 1 aromatic heterocycles. The predicted molar refractivity (Wildman–Crippen MR) is 132 cm³/mol. The maximum atomic E-state index is 14.3. The first-order valence-electron chi connectivity index (χ1n) is 11.1. The molecule has 0 spiro atoms. The maximum Gasteiger partial charge on any atom is 0.309 e. The zero-order valence-corrected chi connectivity index (χ0v) is 19.8. The number of hydrogen-bond donors (Lipinski definition) is 1. The van der Waals surface area contributed by atoms with E-state index in [1.807, 2.05) is 43.3 Å². The second-order valence-corrected chi connectivity index (χ2v) is 8.66. The molecule has 0 atom stereocenters. The van der Waals surface area contributed by atoms with Crippen LogP contribution in [0.1, 0.15) is 50.2 Å². The number of aromatic nitrogens is 1. The summed E-state index contributed by atoms with van der Waals surface area (Å²) in [5.41, 5.74) is 1.32. The molecule has 176 valence electrons. The number of Topliss-reactive ketones (excluding diaryl/α,β-unsaturated/α-hetero) is 1. The van der Waals surface area contributed by atoms with E-state index in [4.69, 9.17) is 9.84 Å². The Bertz CT molecular complexity index is 1350. The SMILES string of the molecule is CC(=O)c1cc(F)c2ccccc2c1OCc1ccc2ccccc2n1.CCC(C)(C)C(=O)O. The fourth-order valence-electron chi connectivity index (χ4n) is 3.21. The van der Waals surface area contributed by atoms with Crippen LogP contribution >= 0.6 is 0 Å². The molecule has 0 aliphatic carbocycles. The fraction of sp³-hybridized carbons (Fsp3) is 0.250. The van der Waals surface area contributed by atoms with E-state index in [0.29, 0.717) is 22.9 Å². The van der Waals surface area contributed by atoms with Gasteiger partial charge in [0.15, 0.2) is 5.78 Å². The molecule has 6 heteroatoms. The van der Waals surface area contributed by atoms with E-state index in [2.05, 4.69) is 4.98 Å². The summed E-state index contributed by atoms with van der Waals surface area (Å²) in [6.45, 7) is 6.91. The van der Waals surface area contributed by atoms with Crippen molar-refractivity contribution in [1.29, 1.82) is 0 Å². The number of hydrogen-bond acceptors (Lipinski definition) is 4. The van der Waals surface area contributed by atoms with Crippen LogP contribution in [0.15, 0.2) is 66.7 Å². The molecule has 4 rings (SSSR count). The number of carbonyl (C=O) groups excluding carboxylic acids is 1. The van der Waals surface area contributed by atoms with Crippen molar-refractivity contribution in [3.63, 3.8) is 0 Å². The van der Waals surface area contributed by atoms with Gasteiger partial charge in [0.25, 0.3) is 0 Å². The van der Waals surface area contributed by atoms with E-state index in [9.17, 15) is 14.0 Å². The van der Waals surface area contributed by atoms with Gasteiger partial charge in [0, 0.05) is 16.2 Å². The van der Waals surface area contributed by atoms with Crippen LogP contribution in [0.4, 0.5) is 4.39 Å². The minimum Gasteiger partial charge on any atom is -0.486 e. The molecule has 0 amide bonds. The molecule has 4 aromatic rings. The third-order valence-electron chi connectivity index (χ3n) is 5.81. The van der Waals surface area contributed by atoms with Crippen molar-refractivity contribution in [1.82, 2.24) is 4.98 Å². The molecule has 1 N–H and O–H groups in total. The summed E-state index contributed by atoms with van der Waals surface area (Å²) in [7, 11) is 0. The lowest BCUT2D eigenvalue weighted by molar-refractivity contribution is -0.147. The van der Waals surface area contributed by atoms with E-state index in [0.717, 1.165) is 16.6 Å². The highest BCUT2D eigenvalue weighted by molar-refractivity contribution is 6.04. The number of para-hydroxylation sites is 1. The Balaban J connectivity index is 0.000000350. The van der Waals surface area contributed by atoms with Gasteiger partial charge in [0.05, 0.1) is 22.2 Å². The average Bonchev–Trinajstić information content (AvgIpc) is 2.83. The van der Waals surface area contributed by atoms with Crippen LogP contribution in [0.3, 0.4) is 0 Å². The van der Waals surface area contributed by atoms with Crippen LogP contribution in [-0.2, 0) is 11.4 Å². The van der Waals surface area contributed by atoms with E-state index in [1.54, 1.807) is 38.1 Å². The number of rotatable bonds is 6. The van der Waals surface area contributed by atoms with Crippen LogP contribution in [0, 0.1) is 11.2 Å². The zero-order valence-electron chi connectivity index (χ0n) is 19.8. The third-order valence-corrected chi connectivity index (χ3v) is 5.81. The molecule has 5 nitrogen and oxygen atoms in total. The van der Waals surface area contributed by atoms with Crippen LogP contribution in [0.25, 0.3) is 21.7 Å². The fourth-order valence-corrected chi connectivity index (χ4v) is 3.21. The number of fused-ring (bicyclic) bond motifs is 2. The van der Waals surface area contributed by atoms with Gasteiger partial charge < -0.3 is 9.84 Å².